The van der Waals surface area contributed by atoms with Crippen molar-refractivity contribution in [3.8, 4) is 5.88 Å². The lowest BCUT2D eigenvalue weighted by atomic mass is 10.0. The van der Waals surface area contributed by atoms with E-state index in [-0.39, 0.29) is 18.0 Å². The highest BCUT2D eigenvalue weighted by atomic mass is 16.7. The molecular formula is C14H20N4O3. The second kappa shape index (κ2) is 6.09. The van der Waals surface area contributed by atoms with E-state index >= 15 is 0 Å². The van der Waals surface area contributed by atoms with Crippen LogP contribution in [0.3, 0.4) is 0 Å². The molecule has 0 bridgehead atoms. The van der Waals surface area contributed by atoms with E-state index in [9.17, 15) is 4.79 Å². The van der Waals surface area contributed by atoms with E-state index in [1.165, 1.54) is 0 Å². The number of carbonyl (C=O) groups is 1. The molecule has 114 valence electrons. The second-order valence-electron chi connectivity index (χ2n) is 5.47. The van der Waals surface area contributed by atoms with Gasteiger partial charge in [0.1, 0.15) is 0 Å². The fraction of sp³-hybridized carbons (Fsp3) is 0.500. The summed E-state index contributed by atoms with van der Waals surface area (Å²) in [5, 5.41) is 0. The second-order valence-corrected chi connectivity index (χ2v) is 5.47. The van der Waals surface area contributed by atoms with Crippen LogP contribution in [-0.4, -0.2) is 32.8 Å². The molecule has 2 heterocycles. The van der Waals surface area contributed by atoms with Crippen LogP contribution >= 0.6 is 0 Å². The highest BCUT2D eigenvalue weighted by Gasteiger charge is 2.13. The summed E-state index contributed by atoms with van der Waals surface area (Å²) >= 11 is 0. The molecule has 7 heteroatoms. The van der Waals surface area contributed by atoms with Gasteiger partial charge in [0.15, 0.2) is 0 Å². The maximum Gasteiger partial charge on any atom is 0.515 e. The molecule has 0 amide bonds. The van der Waals surface area contributed by atoms with E-state index in [1.807, 2.05) is 18.4 Å². The van der Waals surface area contributed by atoms with Crippen LogP contribution in [0.2, 0.25) is 0 Å². The Labute approximate surface area is 123 Å². The molecule has 0 aliphatic heterocycles. The molecule has 0 unspecified atom stereocenters. The zero-order chi connectivity index (χ0) is 15.5. The van der Waals surface area contributed by atoms with Crippen molar-refractivity contribution in [3.05, 3.63) is 18.6 Å². The van der Waals surface area contributed by atoms with Crippen LogP contribution in [0.1, 0.15) is 27.2 Å². The minimum Gasteiger partial charge on any atom is -0.434 e. The predicted octanol–water partition coefficient (Wildman–Crippen LogP) is 2.09. The molecule has 0 saturated carbocycles. The fourth-order valence-corrected chi connectivity index (χ4v) is 1.81. The van der Waals surface area contributed by atoms with Crippen LogP contribution in [-0.2, 0) is 11.3 Å². The third-order valence-corrected chi connectivity index (χ3v) is 2.93. The van der Waals surface area contributed by atoms with Crippen molar-refractivity contribution in [1.82, 2.24) is 14.5 Å². The molecule has 2 aromatic heterocycles. The molecule has 0 fully saturated rings. The topological polar surface area (TPSA) is 92.3 Å². The third kappa shape index (κ3) is 4.16. The van der Waals surface area contributed by atoms with Crippen LogP contribution in [0.15, 0.2) is 18.6 Å². The van der Waals surface area contributed by atoms with Gasteiger partial charge >= 0.3 is 6.16 Å². The van der Waals surface area contributed by atoms with Crippen molar-refractivity contribution in [1.29, 1.82) is 0 Å². The Morgan fingerprint density at radius 2 is 2.19 bits per heavy atom. The van der Waals surface area contributed by atoms with Gasteiger partial charge in [-0.25, -0.2) is 14.8 Å². The molecular weight excluding hydrogens is 272 g/mol. The van der Waals surface area contributed by atoms with Crippen LogP contribution in [0.5, 0.6) is 5.88 Å². The Kier molecular flexibility index (Phi) is 4.42. The number of ether oxygens (including phenoxy) is 2. The van der Waals surface area contributed by atoms with Crippen molar-refractivity contribution in [2.75, 3.05) is 6.61 Å². The van der Waals surface area contributed by atoms with Crippen molar-refractivity contribution in [2.45, 2.75) is 39.3 Å². The number of hydrogen-bond donors (Lipinski definition) is 1. The summed E-state index contributed by atoms with van der Waals surface area (Å²) in [7, 11) is 0. The molecule has 2 aromatic rings. The number of aromatic nitrogens is 3. The van der Waals surface area contributed by atoms with Gasteiger partial charge in [-0.3, -0.25) is 0 Å². The summed E-state index contributed by atoms with van der Waals surface area (Å²) in [6, 6.07) is 1.61. The summed E-state index contributed by atoms with van der Waals surface area (Å²) in [5.74, 6) is 0.172. The Balaban J connectivity index is 2.13. The van der Waals surface area contributed by atoms with E-state index in [0.29, 0.717) is 5.52 Å². The largest absolute Gasteiger partial charge is 0.515 e. The van der Waals surface area contributed by atoms with Gasteiger partial charge < -0.3 is 19.8 Å². The van der Waals surface area contributed by atoms with Crippen LogP contribution < -0.4 is 10.5 Å². The van der Waals surface area contributed by atoms with Gasteiger partial charge in [0, 0.05) is 18.2 Å². The summed E-state index contributed by atoms with van der Waals surface area (Å²) in [6.45, 7) is 6.67. The summed E-state index contributed by atoms with van der Waals surface area (Å²) in [5.41, 5.74) is 7.32. The first-order valence-corrected chi connectivity index (χ1v) is 6.83. The summed E-state index contributed by atoms with van der Waals surface area (Å²) < 4.78 is 11.6. The van der Waals surface area contributed by atoms with Gasteiger partial charge in [-0.15, -0.1) is 0 Å². The molecule has 2 N–H and O–H groups in total. The van der Waals surface area contributed by atoms with E-state index in [4.69, 9.17) is 15.2 Å². The summed E-state index contributed by atoms with van der Waals surface area (Å²) in [4.78, 5) is 19.6. The van der Waals surface area contributed by atoms with Crippen LogP contribution in [0, 0.1) is 0 Å². The number of fused-ring (bicyclic) bond motifs is 1. The molecule has 21 heavy (non-hydrogen) atoms. The lowest BCUT2D eigenvalue weighted by Gasteiger charge is -2.18. The Morgan fingerprint density at radius 1 is 1.43 bits per heavy atom. The van der Waals surface area contributed by atoms with E-state index in [1.54, 1.807) is 25.5 Å². The number of carbonyl (C=O) groups excluding carboxylic acids is 1. The Morgan fingerprint density at radius 3 is 2.86 bits per heavy atom. The first-order chi connectivity index (χ1) is 9.89. The van der Waals surface area contributed by atoms with E-state index < -0.39 is 6.16 Å². The lowest BCUT2D eigenvalue weighted by Crippen LogP contribution is -2.33. The van der Waals surface area contributed by atoms with E-state index in [0.717, 1.165) is 18.5 Å². The van der Waals surface area contributed by atoms with Gasteiger partial charge in [-0.2, -0.15) is 0 Å². The molecule has 2 rings (SSSR count). The maximum absolute atomic E-state index is 11.2. The van der Waals surface area contributed by atoms with Gasteiger partial charge in [0.05, 0.1) is 30.2 Å². The molecule has 0 aliphatic rings. The van der Waals surface area contributed by atoms with Crippen LogP contribution in [0.25, 0.3) is 11.0 Å². The highest BCUT2D eigenvalue weighted by molar-refractivity contribution is 5.76. The monoisotopic (exact) mass is 292 g/mol. The molecule has 0 radical (unpaired) electrons. The average Bonchev–Trinajstić information content (AvgIpc) is 2.78. The molecule has 0 saturated heterocycles. The molecule has 7 nitrogen and oxygen atoms in total. The fourth-order valence-electron chi connectivity index (χ4n) is 1.81. The quantitative estimate of drug-likeness (QED) is 0.848. The number of aryl methyl sites for hydroxylation is 1. The van der Waals surface area contributed by atoms with Gasteiger partial charge in [-0.1, -0.05) is 0 Å². The molecule has 0 atom stereocenters. The van der Waals surface area contributed by atoms with Gasteiger partial charge in [0.2, 0.25) is 5.88 Å². The smallest absolute Gasteiger partial charge is 0.434 e. The van der Waals surface area contributed by atoms with Crippen molar-refractivity contribution >= 4 is 17.2 Å². The lowest BCUT2D eigenvalue weighted by molar-refractivity contribution is 0.103. The number of nitrogens with two attached hydrogens (primary N) is 1. The molecule has 0 aromatic carbocycles. The van der Waals surface area contributed by atoms with Gasteiger partial charge in [-0.05, 0) is 27.2 Å². The minimum absolute atomic E-state index is 0.172. The Bertz CT molecular complexity index is 631. The number of hydrogen-bond acceptors (Lipinski definition) is 6. The average molecular weight is 292 g/mol. The maximum atomic E-state index is 11.2. The zero-order valence-electron chi connectivity index (χ0n) is 12.5. The van der Waals surface area contributed by atoms with E-state index in [2.05, 4.69) is 9.97 Å². The SMILES string of the molecule is CCOC(=O)Oc1cc2ncn(CCC(C)(C)N)c2cn1. The Hall–Kier alpha value is -2.15. The predicted molar refractivity (Wildman–Crippen MR) is 78.1 cm³/mol. The first kappa shape index (κ1) is 15.2. The van der Waals surface area contributed by atoms with Crippen molar-refractivity contribution < 1.29 is 14.3 Å². The molecule has 0 aliphatic carbocycles. The third-order valence-electron chi connectivity index (χ3n) is 2.93. The summed E-state index contributed by atoms with van der Waals surface area (Å²) in [6.07, 6.45) is 3.40. The zero-order valence-corrected chi connectivity index (χ0v) is 12.5. The van der Waals surface area contributed by atoms with Crippen molar-refractivity contribution in [2.24, 2.45) is 5.73 Å². The molecule has 0 spiro atoms. The normalized spacial score (nSPS) is 11.6. The first-order valence-electron chi connectivity index (χ1n) is 6.83. The number of nitrogens with zero attached hydrogens (tertiary/aromatic N) is 3. The van der Waals surface area contributed by atoms with Crippen molar-refractivity contribution in [3.63, 3.8) is 0 Å². The van der Waals surface area contributed by atoms with Crippen LogP contribution in [0.4, 0.5) is 4.79 Å². The number of rotatable bonds is 5. The van der Waals surface area contributed by atoms with Gasteiger partial charge in [0.25, 0.3) is 0 Å². The number of pyridine rings is 1. The number of imidazole rings is 1. The standard InChI is InChI=1S/C14H20N4O3/c1-4-20-13(19)21-12-7-10-11(8-16-12)18(9-17-10)6-5-14(2,3)15/h7-9H,4-6,15H2,1-3H3. The highest BCUT2D eigenvalue weighted by Crippen LogP contribution is 2.18. The minimum atomic E-state index is -0.770.